The molecule has 1 aliphatic heterocycles. The first-order valence-electron chi connectivity index (χ1n) is 6.42. The normalized spacial score (nSPS) is 20.9. The number of phenols is 1. The molecule has 0 aliphatic carbocycles. The molecule has 2 rings (SSSR count). The maximum Gasteiger partial charge on any atom is 0.160 e. The van der Waals surface area contributed by atoms with Gasteiger partial charge in [0, 0.05) is 19.7 Å². The first-order chi connectivity index (χ1) is 8.72. The Kier molecular flexibility index (Phi) is 4.44. The summed E-state index contributed by atoms with van der Waals surface area (Å²) in [5.74, 6) is 1.09. The molecule has 0 radical (unpaired) electrons. The number of likely N-dealkylation sites (tertiary alicyclic amines) is 1. The zero-order valence-corrected chi connectivity index (χ0v) is 10.8. The molecule has 4 nitrogen and oxygen atoms in total. The maximum atomic E-state index is 9.55. The van der Waals surface area contributed by atoms with Crippen molar-refractivity contribution in [3.63, 3.8) is 0 Å². The average Bonchev–Trinajstić information content (AvgIpc) is 2.41. The molecule has 18 heavy (non-hydrogen) atoms. The van der Waals surface area contributed by atoms with Crippen LogP contribution in [0, 0.1) is 5.92 Å². The maximum absolute atomic E-state index is 9.55. The third-order valence-electron chi connectivity index (χ3n) is 3.51. The molecule has 1 aromatic carbocycles. The third-order valence-corrected chi connectivity index (χ3v) is 3.51. The van der Waals surface area contributed by atoms with Gasteiger partial charge in [-0.05, 0) is 43.0 Å². The summed E-state index contributed by atoms with van der Waals surface area (Å²) in [6, 6.07) is 5.46. The monoisotopic (exact) mass is 251 g/mol. The highest BCUT2D eigenvalue weighted by molar-refractivity contribution is 5.41. The van der Waals surface area contributed by atoms with Crippen molar-refractivity contribution in [3.8, 4) is 11.5 Å². The number of hydrogen-bond acceptors (Lipinski definition) is 4. The molecule has 1 heterocycles. The van der Waals surface area contributed by atoms with E-state index in [0.717, 1.165) is 38.0 Å². The minimum atomic E-state index is 0.174. The number of piperidine rings is 1. The number of aromatic hydroxyl groups is 1. The summed E-state index contributed by atoms with van der Waals surface area (Å²) in [5.41, 5.74) is 1.13. The summed E-state index contributed by atoms with van der Waals surface area (Å²) in [4.78, 5) is 2.34. The largest absolute Gasteiger partial charge is 0.504 e. The van der Waals surface area contributed by atoms with E-state index in [1.54, 1.807) is 13.2 Å². The highest BCUT2D eigenvalue weighted by atomic mass is 16.5. The van der Waals surface area contributed by atoms with Crippen molar-refractivity contribution < 1.29 is 14.9 Å². The SMILES string of the molecule is COc1cc(CN2CCC[C@H](CO)C2)ccc1O. The number of aliphatic hydroxyl groups excluding tert-OH is 1. The van der Waals surface area contributed by atoms with Crippen molar-refractivity contribution in [2.24, 2.45) is 5.92 Å². The second kappa shape index (κ2) is 6.07. The van der Waals surface area contributed by atoms with E-state index in [-0.39, 0.29) is 12.4 Å². The molecular formula is C14H21NO3. The lowest BCUT2D eigenvalue weighted by Gasteiger charge is -2.31. The van der Waals surface area contributed by atoms with Crippen LogP contribution in [0.3, 0.4) is 0 Å². The smallest absolute Gasteiger partial charge is 0.160 e. The Hall–Kier alpha value is -1.26. The summed E-state index contributed by atoms with van der Waals surface area (Å²) < 4.78 is 5.11. The molecule has 0 aromatic heterocycles. The molecule has 0 spiro atoms. The summed E-state index contributed by atoms with van der Waals surface area (Å²) in [6.45, 7) is 3.13. The van der Waals surface area contributed by atoms with E-state index in [9.17, 15) is 10.2 Å². The fraction of sp³-hybridized carbons (Fsp3) is 0.571. The Bertz CT molecular complexity index is 395. The Morgan fingerprint density at radius 3 is 3.00 bits per heavy atom. The van der Waals surface area contributed by atoms with Gasteiger partial charge in [-0.25, -0.2) is 0 Å². The standard InChI is InChI=1S/C14H21NO3/c1-18-14-7-11(4-5-13(14)17)8-15-6-2-3-12(9-15)10-16/h4-5,7,12,16-17H,2-3,6,8-10H2,1H3/t12-/m0/s1. The van der Waals surface area contributed by atoms with Gasteiger partial charge < -0.3 is 14.9 Å². The van der Waals surface area contributed by atoms with Crippen LogP contribution in [0.1, 0.15) is 18.4 Å². The molecule has 100 valence electrons. The van der Waals surface area contributed by atoms with E-state index in [0.29, 0.717) is 11.7 Å². The lowest BCUT2D eigenvalue weighted by atomic mass is 9.98. The molecule has 1 aromatic rings. The molecule has 0 bridgehead atoms. The second-order valence-corrected chi connectivity index (χ2v) is 4.93. The Morgan fingerprint density at radius 1 is 1.44 bits per heavy atom. The van der Waals surface area contributed by atoms with Crippen LogP contribution in [-0.4, -0.2) is 41.9 Å². The first kappa shape index (κ1) is 13.2. The van der Waals surface area contributed by atoms with E-state index >= 15 is 0 Å². The van der Waals surface area contributed by atoms with E-state index in [4.69, 9.17) is 4.74 Å². The predicted molar refractivity (Wildman–Crippen MR) is 69.7 cm³/mol. The first-order valence-corrected chi connectivity index (χ1v) is 6.42. The fourth-order valence-corrected chi connectivity index (χ4v) is 2.52. The van der Waals surface area contributed by atoms with Crippen molar-refractivity contribution in [3.05, 3.63) is 23.8 Å². The van der Waals surface area contributed by atoms with Crippen molar-refractivity contribution in [2.45, 2.75) is 19.4 Å². The number of ether oxygens (including phenoxy) is 1. The van der Waals surface area contributed by atoms with Gasteiger partial charge in [0.2, 0.25) is 0 Å². The number of aliphatic hydroxyl groups is 1. The molecule has 0 saturated carbocycles. The highest BCUT2D eigenvalue weighted by Gasteiger charge is 2.19. The molecule has 1 atom stereocenters. The summed E-state index contributed by atoms with van der Waals surface area (Å²) >= 11 is 0. The van der Waals surface area contributed by atoms with E-state index in [1.165, 1.54) is 0 Å². The Morgan fingerprint density at radius 2 is 2.28 bits per heavy atom. The fourth-order valence-electron chi connectivity index (χ4n) is 2.52. The van der Waals surface area contributed by atoms with Crippen molar-refractivity contribution in [2.75, 3.05) is 26.8 Å². The van der Waals surface area contributed by atoms with Gasteiger partial charge in [0.15, 0.2) is 11.5 Å². The van der Waals surface area contributed by atoms with Crippen molar-refractivity contribution in [1.29, 1.82) is 0 Å². The number of phenolic OH excluding ortho intramolecular Hbond substituents is 1. The molecule has 0 unspecified atom stereocenters. The summed E-state index contributed by atoms with van der Waals surface area (Å²) in [5, 5.41) is 18.8. The van der Waals surface area contributed by atoms with E-state index in [1.807, 2.05) is 12.1 Å². The molecule has 0 amide bonds. The number of methoxy groups -OCH3 is 1. The number of hydrogen-bond donors (Lipinski definition) is 2. The van der Waals surface area contributed by atoms with Crippen molar-refractivity contribution >= 4 is 0 Å². The molecular weight excluding hydrogens is 230 g/mol. The van der Waals surface area contributed by atoms with Gasteiger partial charge in [0.05, 0.1) is 7.11 Å². The van der Waals surface area contributed by atoms with Gasteiger partial charge >= 0.3 is 0 Å². The topological polar surface area (TPSA) is 52.9 Å². The van der Waals surface area contributed by atoms with Gasteiger partial charge in [0.25, 0.3) is 0 Å². The van der Waals surface area contributed by atoms with Gasteiger partial charge in [-0.15, -0.1) is 0 Å². The molecule has 1 aliphatic rings. The van der Waals surface area contributed by atoms with Gasteiger partial charge in [-0.1, -0.05) is 6.07 Å². The van der Waals surface area contributed by atoms with Crippen LogP contribution in [0.4, 0.5) is 0 Å². The third kappa shape index (κ3) is 3.15. The van der Waals surface area contributed by atoms with Crippen molar-refractivity contribution in [1.82, 2.24) is 4.90 Å². The van der Waals surface area contributed by atoms with Crippen LogP contribution in [0.2, 0.25) is 0 Å². The predicted octanol–water partition coefficient (Wildman–Crippen LogP) is 1.61. The lowest BCUT2D eigenvalue weighted by Crippen LogP contribution is -2.36. The number of rotatable bonds is 4. The van der Waals surface area contributed by atoms with Crippen LogP contribution in [-0.2, 0) is 6.54 Å². The average molecular weight is 251 g/mol. The minimum Gasteiger partial charge on any atom is -0.504 e. The highest BCUT2D eigenvalue weighted by Crippen LogP contribution is 2.27. The molecule has 4 heteroatoms. The van der Waals surface area contributed by atoms with Crippen LogP contribution in [0.5, 0.6) is 11.5 Å². The van der Waals surface area contributed by atoms with Gasteiger partial charge in [-0.2, -0.15) is 0 Å². The minimum absolute atomic E-state index is 0.174. The van der Waals surface area contributed by atoms with Crippen LogP contribution < -0.4 is 4.74 Å². The molecule has 1 fully saturated rings. The second-order valence-electron chi connectivity index (χ2n) is 4.93. The molecule has 1 saturated heterocycles. The van der Waals surface area contributed by atoms with E-state index < -0.39 is 0 Å². The van der Waals surface area contributed by atoms with Gasteiger partial charge in [0.1, 0.15) is 0 Å². The zero-order chi connectivity index (χ0) is 13.0. The summed E-state index contributed by atoms with van der Waals surface area (Å²) in [7, 11) is 1.56. The van der Waals surface area contributed by atoms with Crippen LogP contribution in [0.15, 0.2) is 18.2 Å². The van der Waals surface area contributed by atoms with Crippen LogP contribution >= 0.6 is 0 Å². The Balaban J connectivity index is 2.00. The van der Waals surface area contributed by atoms with Crippen LogP contribution in [0.25, 0.3) is 0 Å². The number of benzene rings is 1. The van der Waals surface area contributed by atoms with Gasteiger partial charge in [-0.3, -0.25) is 4.90 Å². The quantitative estimate of drug-likeness (QED) is 0.853. The molecule has 2 N–H and O–H groups in total. The summed E-state index contributed by atoms with van der Waals surface area (Å²) in [6.07, 6.45) is 2.26. The Labute approximate surface area is 108 Å². The zero-order valence-electron chi connectivity index (χ0n) is 10.8. The van der Waals surface area contributed by atoms with E-state index in [2.05, 4.69) is 4.90 Å². The number of nitrogens with zero attached hydrogens (tertiary/aromatic N) is 1. The lowest BCUT2D eigenvalue weighted by molar-refractivity contribution is 0.116.